The highest BCUT2D eigenvalue weighted by Crippen LogP contribution is 2.39. The Morgan fingerprint density at radius 3 is 2.67 bits per heavy atom. The third kappa shape index (κ3) is 2.88. The Morgan fingerprint density at radius 1 is 1.39 bits per heavy atom. The number of rotatable bonds is 4. The molecule has 0 aromatic heterocycles. The second-order valence-electron chi connectivity index (χ2n) is 3.79. The summed E-state index contributed by atoms with van der Waals surface area (Å²) in [7, 11) is 0. The molecule has 0 amide bonds. The molecule has 0 N–H and O–H groups in total. The van der Waals surface area contributed by atoms with Crippen LogP contribution in [0.5, 0.6) is 0 Å². The summed E-state index contributed by atoms with van der Waals surface area (Å²) >= 11 is 7.34. The first-order valence-corrected chi connectivity index (χ1v) is 6.78. The summed E-state index contributed by atoms with van der Waals surface area (Å²) in [6.07, 6.45) is -0.679. The van der Waals surface area contributed by atoms with Crippen LogP contribution in [0.2, 0.25) is 0 Å². The zero-order valence-electron chi connectivity index (χ0n) is 10.1. The van der Waals surface area contributed by atoms with Crippen molar-refractivity contribution in [1.82, 2.24) is 0 Å². The van der Waals surface area contributed by atoms with E-state index < -0.39 is 12.3 Å². The minimum absolute atomic E-state index is 0.110. The lowest BCUT2D eigenvalue weighted by atomic mass is 10.2. The summed E-state index contributed by atoms with van der Waals surface area (Å²) < 4.78 is 10.4. The van der Waals surface area contributed by atoms with Crippen LogP contribution >= 0.6 is 23.4 Å². The molecule has 18 heavy (non-hydrogen) atoms. The van der Waals surface area contributed by atoms with Crippen LogP contribution in [0.15, 0.2) is 39.1 Å². The molecule has 5 heteroatoms. The van der Waals surface area contributed by atoms with Gasteiger partial charge >= 0.3 is 5.97 Å². The van der Waals surface area contributed by atoms with Crippen molar-refractivity contribution in [1.29, 1.82) is 0 Å². The van der Waals surface area contributed by atoms with Crippen LogP contribution in [0.3, 0.4) is 0 Å². The molecule has 1 unspecified atom stereocenters. The lowest BCUT2D eigenvalue weighted by Crippen LogP contribution is -2.14. The van der Waals surface area contributed by atoms with Crippen molar-refractivity contribution in [2.24, 2.45) is 0 Å². The minimum Gasteiger partial charge on any atom is -0.426 e. The van der Waals surface area contributed by atoms with Crippen LogP contribution < -0.4 is 0 Å². The van der Waals surface area contributed by atoms with Gasteiger partial charge in [-0.15, -0.1) is 0 Å². The van der Waals surface area contributed by atoms with Crippen molar-refractivity contribution in [3.05, 3.63) is 39.8 Å². The molecule has 0 aliphatic carbocycles. The smallest absolute Gasteiger partial charge is 0.353 e. The monoisotopic (exact) mass is 284 g/mol. The molecule has 0 fully saturated rings. The van der Waals surface area contributed by atoms with Gasteiger partial charge in [-0.1, -0.05) is 41.1 Å². The fourth-order valence-corrected chi connectivity index (χ4v) is 2.65. The Kier molecular flexibility index (Phi) is 4.32. The molecule has 1 aromatic carbocycles. The number of carbonyl (C=O) groups excluding carboxylic acids is 1. The number of ether oxygens (including phenoxy) is 2. The van der Waals surface area contributed by atoms with Gasteiger partial charge in [0.05, 0.1) is 4.91 Å². The quantitative estimate of drug-likeness (QED) is 0.793. The first-order chi connectivity index (χ1) is 8.61. The zero-order valence-corrected chi connectivity index (χ0v) is 11.7. The third-order valence-corrected chi connectivity index (χ3v) is 3.98. The van der Waals surface area contributed by atoms with E-state index in [-0.39, 0.29) is 5.03 Å². The van der Waals surface area contributed by atoms with Gasteiger partial charge in [-0.3, -0.25) is 0 Å². The fraction of sp³-hybridized carbons (Fsp3) is 0.308. The van der Waals surface area contributed by atoms with Crippen molar-refractivity contribution >= 4 is 29.3 Å². The first kappa shape index (κ1) is 13.5. The number of aryl methyl sites for hydroxylation is 1. The molecule has 1 heterocycles. The number of benzene rings is 1. The van der Waals surface area contributed by atoms with Gasteiger partial charge in [0, 0.05) is 11.5 Å². The maximum Gasteiger partial charge on any atom is 0.353 e. The van der Waals surface area contributed by atoms with Gasteiger partial charge in [0.1, 0.15) is 5.03 Å². The lowest BCUT2D eigenvalue weighted by Gasteiger charge is -2.13. The van der Waals surface area contributed by atoms with Gasteiger partial charge in [-0.05, 0) is 26.0 Å². The number of hydrogen-bond acceptors (Lipinski definition) is 4. The number of cyclic esters (lactones) is 1. The van der Waals surface area contributed by atoms with E-state index in [0.717, 1.165) is 4.90 Å². The Balaban J connectivity index is 2.19. The number of thioether (sulfide) groups is 1. The van der Waals surface area contributed by atoms with Gasteiger partial charge in [0.2, 0.25) is 6.29 Å². The molecule has 1 aliphatic heterocycles. The van der Waals surface area contributed by atoms with E-state index in [1.165, 1.54) is 17.3 Å². The molecule has 0 saturated heterocycles. The summed E-state index contributed by atoms with van der Waals surface area (Å²) in [5, 5.41) is 0.110. The number of carbonyl (C=O) groups is 1. The van der Waals surface area contributed by atoms with E-state index in [2.05, 4.69) is 0 Å². The molecule has 1 aliphatic rings. The predicted octanol–water partition coefficient (Wildman–Crippen LogP) is 3.46. The molecule has 3 nitrogen and oxygen atoms in total. The third-order valence-electron chi connectivity index (χ3n) is 2.39. The Hall–Kier alpha value is -0.970. The number of hydrogen-bond donors (Lipinski definition) is 0. The predicted molar refractivity (Wildman–Crippen MR) is 71.4 cm³/mol. The highest BCUT2D eigenvalue weighted by molar-refractivity contribution is 8.03. The second kappa shape index (κ2) is 5.78. The minimum atomic E-state index is -0.679. The van der Waals surface area contributed by atoms with Crippen LogP contribution in [-0.2, 0) is 14.3 Å². The molecule has 1 atom stereocenters. The van der Waals surface area contributed by atoms with Crippen LogP contribution in [0, 0.1) is 6.92 Å². The molecule has 2 rings (SSSR count). The van der Waals surface area contributed by atoms with Crippen molar-refractivity contribution in [2.45, 2.75) is 25.0 Å². The van der Waals surface area contributed by atoms with Gasteiger partial charge in [0.15, 0.2) is 0 Å². The zero-order chi connectivity index (χ0) is 13.1. The van der Waals surface area contributed by atoms with Crippen molar-refractivity contribution in [2.75, 3.05) is 6.61 Å². The highest BCUT2D eigenvalue weighted by atomic mass is 35.5. The van der Waals surface area contributed by atoms with Gasteiger partial charge < -0.3 is 9.47 Å². The van der Waals surface area contributed by atoms with Crippen molar-refractivity contribution in [3.8, 4) is 0 Å². The van der Waals surface area contributed by atoms with E-state index in [1.807, 2.05) is 38.1 Å². The van der Waals surface area contributed by atoms with Crippen LogP contribution in [0.1, 0.15) is 12.5 Å². The lowest BCUT2D eigenvalue weighted by molar-refractivity contribution is -0.157. The molecule has 0 saturated carbocycles. The van der Waals surface area contributed by atoms with Crippen LogP contribution in [-0.4, -0.2) is 18.9 Å². The largest absolute Gasteiger partial charge is 0.426 e. The van der Waals surface area contributed by atoms with Crippen molar-refractivity contribution in [3.63, 3.8) is 0 Å². The Bertz CT molecular complexity index is 482. The molecule has 96 valence electrons. The number of esters is 1. The Labute approximate surface area is 115 Å². The second-order valence-corrected chi connectivity index (χ2v) is 5.28. The summed E-state index contributed by atoms with van der Waals surface area (Å²) in [5.41, 5.74) is 1.18. The van der Waals surface area contributed by atoms with E-state index in [9.17, 15) is 4.79 Å². The Morgan fingerprint density at radius 2 is 2.06 bits per heavy atom. The van der Waals surface area contributed by atoms with E-state index in [4.69, 9.17) is 21.1 Å². The molecule has 0 spiro atoms. The molecule has 0 bridgehead atoms. The highest BCUT2D eigenvalue weighted by Gasteiger charge is 2.34. The first-order valence-electron chi connectivity index (χ1n) is 5.58. The molecular formula is C13H13ClO3S. The van der Waals surface area contributed by atoms with E-state index in [0.29, 0.717) is 11.5 Å². The van der Waals surface area contributed by atoms with Crippen LogP contribution in [0.25, 0.3) is 0 Å². The van der Waals surface area contributed by atoms with Gasteiger partial charge in [-0.2, -0.15) is 0 Å². The summed E-state index contributed by atoms with van der Waals surface area (Å²) in [6, 6.07) is 7.96. The summed E-state index contributed by atoms with van der Waals surface area (Å²) in [6.45, 7) is 4.32. The topological polar surface area (TPSA) is 35.5 Å². The van der Waals surface area contributed by atoms with Gasteiger partial charge in [0.25, 0.3) is 0 Å². The molecular weight excluding hydrogens is 272 g/mol. The van der Waals surface area contributed by atoms with E-state index >= 15 is 0 Å². The van der Waals surface area contributed by atoms with E-state index in [1.54, 1.807) is 0 Å². The standard InChI is InChI=1S/C13H13ClO3S/c1-3-16-13-11(10(14)12(15)17-13)18-9-6-4-8(2)5-7-9/h4-7,13H,3H2,1-2H3. The van der Waals surface area contributed by atoms with Crippen LogP contribution in [0.4, 0.5) is 0 Å². The fourth-order valence-electron chi connectivity index (χ4n) is 1.49. The number of halogens is 1. The maximum atomic E-state index is 11.4. The SMILES string of the molecule is CCOC1OC(=O)C(Cl)=C1Sc1ccc(C)cc1. The summed E-state index contributed by atoms with van der Waals surface area (Å²) in [4.78, 5) is 13.0. The average Bonchev–Trinajstić information content (AvgIpc) is 2.60. The van der Waals surface area contributed by atoms with Gasteiger partial charge in [-0.25, -0.2) is 4.79 Å². The molecule has 0 radical (unpaired) electrons. The normalized spacial score (nSPS) is 19.3. The maximum absolute atomic E-state index is 11.4. The van der Waals surface area contributed by atoms with Crippen molar-refractivity contribution < 1.29 is 14.3 Å². The summed E-state index contributed by atoms with van der Waals surface area (Å²) in [5.74, 6) is -0.523. The average molecular weight is 285 g/mol. The molecule has 1 aromatic rings.